The van der Waals surface area contributed by atoms with E-state index in [1.165, 1.54) is 0 Å². The van der Waals surface area contributed by atoms with Crippen LogP contribution in [-0.4, -0.2) is 30.2 Å². The highest BCUT2D eigenvalue weighted by molar-refractivity contribution is 7.99. The second-order valence-corrected chi connectivity index (χ2v) is 7.92. The zero-order valence-corrected chi connectivity index (χ0v) is 17.1. The fraction of sp³-hybridized carbons (Fsp3) is 0.208. The predicted octanol–water partition coefficient (Wildman–Crippen LogP) is 5.16. The van der Waals surface area contributed by atoms with Gasteiger partial charge < -0.3 is 14.4 Å². The summed E-state index contributed by atoms with van der Waals surface area (Å²) in [6, 6.07) is 25.5. The lowest BCUT2D eigenvalue weighted by atomic mass is 10.1. The van der Waals surface area contributed by atoms with Gasteiger partial charge in [0.25, 0.3) is 5.91 Å². The van der Waals surface area contributed by atoms with Crippen LogP contribution in [0.25, 0.3) is 0 Å². The molecule has 5 heteroatoms. The molecule has 0 radical (unpaired) electrons. The van der Waals surface area contributed by atoms with E-state index >= 15 is 0 Å². The van der Waals surface area contributed by atoms with Gasteiger partial charge >= 0.3 is 0 Å². The lowest BCUT2D eigenvalue weighted by Crippen LogP contribution is -2.30. The molecule has 1 heterocycles. The van der Waals surface area contributed by atoms with Gasteiger partial charge in [0.1, 0.15) is 23.5 Å². The molecule has 3 aromatic carbocycles. The molecule has 29 heavy (non-hydrogen) atoms. The number of methoxy groups -OCH3 is 1. The van der Waals surface area contributed by atoms with Crippen molar-refractivity contribution < 1.29 is 14.3 Å². The number of hydrogen-bond acceptors (Lipinski definition) is 4. The van der Waals surface area contributed by atoms with E-state index in [2.05, 4.69) is 0 Å². The van der Waals surface area contributed by atoms with Gasteiger partial charge in [-0.2, -0.15) is 0 Å². The first kappa shape index (κ1) is 19.4. The Bertz CT molecular complexity index is 977. The first-order valence-corrected chi connectivity index (χ1v) is 10.6. The van der Waals surface area contributed by atoms with Crippen molar-refractivity contribution in [2.24, 2.45) is 0 Å². The average Bonchev–Trinajstić information content (AvgIpc) is 3.28. The number of carbonyl (C=O) groups excluding carboxylic acids is 1. The van der Waals surface area contributed by atoms with E-state index in [0.717, 1.165) is 22.6 Å². The number of rotatable bonds is 6. The highest BCUT2D eigenvalue weighted by atomic mass is 32.2. The Labute approximate surface area is 175 Å². The third-order valence-corrected chi connectivity index (χ3v) is 6.15. The van der Waals surface area contributed by atoms with E-state index < -0.39 is 0 Å². The molecule has 1 aliphatic rings. The Morgan fingerprint density at radius 2 is 1.66 bits per heavy atom. The van der Waals surface area contributed by atoms with Crippen LogP contribution in [0, 0.1) is 0 Å². The molecule has 0 aromatic heterocycles. The standard InChI is InChI=1S/C24H23NO3S/c1-27-21-13-7-5-11-19(21)23(26)25-15-16-29-24(25)20-12-6-8-14-22(20)28-17-18-9-3-2-4-10-18/h2-14,24H,15-17H2,1H3. The Hall–Kier alpha value is -2.92. The van der Waals surface area contributed by atoms with Crippen molar-refractivity contribution in [2.45, 2.75) is 12.0 Å². The van der Waals surface area contributed by atoms with Crippen molar-refractivity contribution in [3.8, 4) is 11.5 Å². The number of benzene rings is 3. The minimum absolute atomic E-state index is 0.0182. The maximum absolute atomic E-state index is 13.3. The van der Waals surface area contributed by atoms with Crippen LogP contribution in [0.15, 0.2) is 78.9 Å². The Morgan fingerprint density at radius 3 is 2.45 bits per heavy atom. The number of para-hydroxylation sites is 2. The van der Waals surface area contributed by atoms with Crippen LogP contribution >= 0.6 is 11.8 Å². The van der Waals surface area contributed by atoms with Crippen LogP contribution < -0.4 is 9.47 Å². The molecule has 0 spiro atoms. The van der Waals surface area contributed by atoms with Crippen LogP contribution in [0.2, 0.25) is 0 Å². The number of nitrogens with zero attached hydrogens (tertiary/aromatic N) is 1. The number of hydrogen-bond donors (Lipinski definition) is 0. The molecule has 0 bridgehead atoms. The summed E-state index contributed by atoms with van der Waals surface area (Å²) in [4.78, 5) is 15.2. The summed E-state index contributed by atoms with van der Waals surface area (Å²) in [7, 11) is 1.59. The van der Waals surface area contributed by atoms with Crippen molar-refractivity contribution in [1.82, 2.24) is 4.90 Å². The van der Waals surface area contributed by atoms with Crippen molar-refractivity contribution in [3.63, 3.8) is 0 Å². The summed E-state index contributed by atoms with van der Waals surface area (Å²) >= 11 is 1.76. The largest absolute Gasteiger partial charge is 0.496 e. The lowest BCUT2D eigenvalue weighted by Gasteiger charge is -2.26. The molecule has 3 aromatic rings. The summed E-state index contributed by atoms with van der Waals surface area (Å²) < 4.78 is 11.5. The summed E-state index contributed by atoms with van der Waals surface area (Å²) in [5.74, 6) is 2.28. The summed E-state index contributed by atoms with van der Waals surface area (Å²) in [5, 5.41) is -0.0839. The van der Waals surface area contributed by atoms with Crippen LogP contribution in [0.1, 0.15) is 26.9 Å². The molecule has 1 fully saturated rings. The minimum Gasteiger partial charge on any atom is -0.496 e. The minimum atomic E-state index is -0.0839. The van der Waals surface area contributed by atoms with E-state index in [4.69, 9.17) is 9.47 Å². The average molecular weight is 406 g/mol. The van der Waals surface area contributed by atoms with Crippen molar-refractivity contribution in [2.75, 3.05) is 19.4 Å². The Kier molecular flexibility index (Phi) is 6.06. The van der Waals surface area contributed by atoms with E-state index in [1.54, 1.807) is 18.9 Å². The number of carbonyl (C=O) groups is 1. The highest BCUT2D eigenvalue weighted by Gasteiger charge is 2.34. The molecular weight excluding hydrogens is 382 g/mol. The predicted molar refractivity (Wildman–Crippen MR) is 116 cm³/mol. The van der Waals surface area contributed by atoms with Crippen molar-refractivity contribution in [3.05, 3.63) is 95.6 Å². The fourth-order valence-corrected chi connectivity index (χ4v) is 4.74. The third-order valence-electron chi connectivity index (χ3n) is 4.91. The zero-order chi connectivity index (χ0) is 20.1. The SMILES string of the molecule is COc1ccccc1C(=O)N1CCSC1c1ccccc1OCc1ccccc1. The van der Waals surface area contributed by atoms with Gasteiger partial charge in [-0.25, -0.2) is 0 Å². The molecule has 4 nitrogen and oxygen atoms in total. The first-order valence-electron chi connectivity index (χ1n) is 9.59. The van der Waals surface area contributed by atoms with E-state index in [0.29, 0.717) is 24.5 Å². The number of amides is 1. The van der Waals surface area contributed by atoms with Gasteiger partial charge in [-0.3, -0.25) is 4.79 Å². The normalized spacial score (nSPS) is 15.9. The van der Waals surface area contributed by atoms with Gasteiger partial charge in [-0.15, -0.1) is 11.8 Å². The molecule has 148 valence electrons. The van der Waals surface area contributed by atoms with Gasteiger partial charge in [0.2, 0.25) is 0 Å². The van der Waals surface area contributed by atoms with Crippen molar-refractivity contribution in [1.29, 1.82) is 0 Å². The maximum Gasteiger partial charge on any atom is 0.258 e. The van der Waals surface area contributed by atoms with Gasteiger partial charge in [-0.05, 0) is 23.8 Å². The number of ether oxygens (including phenoxy) is 2. The van der Waals surface area contributed by atoms with Crippen LogP contribution in [0.3, 0.4) is 0 Å². The second kappa shape index (κ2) is 9.05. The number of thioether (sulfide) groups is 1. The van der Waals surface area contributed by atoms with Crippen LogP contribution in [0.4, 0.5) is 0 Å². The summed E-state index contributed by atoms with van der Waals surface area (Å²) in [6.07, 6.45) is 0. The molecule has 1 unspecified atom stereocenters. The summed E-state index contributed by atoms with van der Waals surface area (Å²) in [5.41, 5.74) is 2.72. The summed E-state index contributed by atoms with van der Waals surface area (Å²) in [6.45, 7) is 1.19. The Balaban J connectivity index is 1.58. The van der Waals surface area contributed by atoms with E-state index in [1.807, 2.05) is 83.8 Å². The van der Waals surface area contributed by atoms with Gasteiger partial charge in [0.15, 0.2) is 0 Å². The van der Waals surface area contributed by atoms with Crippen molar-refractivity contribution >= 4 is 17.7 Å². The smallest absolute Gasteiger partial charge is 0.258 e. The monoisotopic (exact) mass is 405 g/mol. The molecule has 0 N–H and O–H groups in total. The van der Waals surface area contributed by atoms with Gasteiger partial charge in [0, 0.05) is 17.9 Å². The molecule has 4 rings (SSSR count). The Morgan fingerprint density at radius 1 is 0.966 bits per heavy atom. The molecular formula is C24H23NO3S. The van der Waals surface area contributed by atoms with Crippen LogP contribution in [-0.2, 0) is 6.61 Å². The zero-order valence-electron chi connectivity index (χ0n) is 16.3. The third kappa shape index (κ3) is 4.25. The van der Waals surface area contributed by atoms with E-state index in [9.17, 15) is 4.79 Å². The lowest BCUT2D eigenvalue weighted by molar-refractivity contribution is 0.0755. The fourth-order valence-electron chi connectivity index (χ4n) is 3.46. The molecule has 1 amide bonds. The second-order valence-electron chi connectivity index (χ2n) is 6.73. The topological polar surface area (TPSA) is 38.8 Å². The maximum atomic E-state index is 13.3. The quantitative estimate of drug-likeness (QED) is 0.568. The molecule has 1 atom stereocenters. The van der Waals surface area contributed by atoms with Crippen LogP contribution in [0.5, 0.6) is 11.5 Å². The molecule has 0 saturated carbocycles. The highest BCUT2D eigenvalue weighted by Crippen LogP contribution is 2.43. The van der Waals surface area contributed by atoms with Gasteiger partial charge in [-0.1, -0.05) is 60.7 Å². The molecule has 1 aliphatic heterocycles. The van der Waals surface area contributed by atoms with Gasteiger partial charge in [0.05, 0.1) is 12.7 Å². The molecule has 1 saturated heterocycles. The molecule has 0 aliphatic carbocycles. The first-order chi connectivity index (χ1) is 14.3. The van der Waals surface area contributed by atoms with E-state index in [-0.39, 0.29) is 11.3 Å².